The molecule has 1 atom stereocenters. The van der Waals surface area contributed by atoms with Crippen LogP contribution in [-0.2, 0) is 0 Å². The van der Waals surface area contributed by atoms with Gasteiger partial charge < -0.3 is 15.2 Å². The molecule has 4 heteroatoms. The third-order valence-electron chi connectivity index (χ3n) is 2.47. The second-order valence-corrected chi connectivity index (χ2v) is 4.32. The second-order valence-electron chi connectivity index (χ2n) is 4.32. The first kappa shape index (κ1) is 16.2. The van der Waals surface area contributed by atoms with E-state index in [1.807, 2.05) is 25.1 Å². The van der Waals surface area contributed by atoms with Gasteiger partial charge in [-0.2, -0.15) is 0 Å². The van der Waals surface area contributed by atoms with E-state index in [-0.39, 0.29) is 12.4 Å². The van der Waals surface area contributed by atoms with Crippen LogP contribution in [0.3, 0.4) is 0 Å². The van der Waals surface area contributed by atoms with Gasteiger partial charge >= 0.3 is 0 Å². The first-order valence-corrected chi connectivity index (χ1v) is 5.60. The minimum Gasteiger partial charge on any atom is -0.496 e. The molecule has 0 aliphatic heterocycles. The maximum absolute atomic E-state index is 10.0. The molecule has 0 aliphatic carbocycles. The Hall–Kier alpha value is -0.770. The molecule has 17 heavy (non-hydrogen) atoms. The monoisotopic (exact) mass is 259 g/mol. The van der Waals surface area contributed by atoms with Crippen LogP contribution in [0.25, 0.3) is 0 Å². The molecule has 0 saturated heterocycles. The van der Waals surface area contributed by atoms with E-state index < -0.39 is 6.10 Å². The maximum atomic E-state index is 10.0. The zero-order valence-electron chi connectivity index (χ0n) is 10.9. The molecule has 0 heterocycles. The van der Waals surface area contributed by atoms with E-state index in [1.165, 1.54) is 0 Å². The summed E-state index contributed by atoms with van der Waals surface area (Å²) in [5.74, 6) is 0.748. The molecule has 0 aliphatic rings. The average Bonchev–Trinajstić information content (AvgIpc) is 2.25. The van der Waals surface area contributed by atoms with Crippen LogP contribution >= 0.6 is 12.4 Å². The minimum absolute atomic E-state index is 0. The fraction of sp³-hybridized carbons (Fsp3) is 0.538. The standard InChI is InChI=1S/C13H21NO2.ClH/c1-9(2)14-8-12(15)11-6-5-10(3)7-13(11)16-4;/h5-7,9,12,14-15H,8H2,1-4H3;1H. The number of rotatable bonds is 5. The third-order valence-corrected chi connectivity index (χ3v) is 2.47. The summed E-state index contributed by atoms with van der Waals surface area (Å²) in [6.07, 6.45) is -0.530. The van der Waals surface area contributed by atoms with Gasteiger partial charge in [0.1, 0.15) is 5.75 Å². The van der Waals surface area contributed by atoms with Crippen molar-refractivity contribution in [3.05, 3.63) is 29.3 Å². The van der Waals surface area contributed by atoms with Gasteiger partial charge in [0.2, 0.25) is 0 Å². The third kappa shape index (κ3) is 4.94. The molecule has 0 bridgehead atoms. The molecule has 1 unspecified atom stereocenters. The summed E-state index contributed by atoms with van der Waals surface area (Å²) in [4.78, 5) is 0. The highest BCUT2D eigenvalue weighted by molar-refractivity contribution is 5.85. The van der Waals surface area contributed by atoms with Crippen LogP contribution in [0.1, 0.15) is 31.1 Å². The van der Waals surface area contributed by atoms with Gasteiger partial charge in [0.15, 0.2) is 0 Å². The Bertz CT molecular complexity index is 342. The molecule has 0 amide bonds. The van der Waals surface area contributed by atoms with E-state index in [0.717, 1.165) is 16.9 Å². The van der Waals surface area contributed by atoms with Crippen LogP contribution in [0, 0.1) is 6.92 Å². The number of aliphatic hydroxyl groups is 1. The number of ether oxygens (including phenoxy) is 1. The van der Waals surface area contributed by atoms with Gasteiger partial charge in [0.25, 0.3) is 0 Å². The van der Waals surface area contributed by atoms with Crippen LogP contribution in [0.15, 0.2) is 18.2 Å². The number of nitrogens with one attached hydrogen (secondary N) is 1. The summed E-state index contributed by atoms with van der Waals surface area (Å²) in [5, 5.41) is 13.2. The highest BCUT2D eigenvalue weighted by atomic mass is 35.5. The summed E-state index contributed by atoms with van der Waals surface area (Å²) in [7, 11) is 1.63. The molecular formula is C13H22ClNO2. The molecule has 98 valence electrons. The van der Waals surface area contributed by atoms with E-state index >= 15 is 0 Å². The molecule has 1 aromatic carbocycles. The first-order valence-electron chi connectivity index (χ1n) is 5.60. The van der Waals surface area contributed by atoms with Crippen LogP contribution in [0.5, 0.6) is 5.75 Å². The Labute approximate surface area is 110 Å². The van der Waals surface area contributed by atoms with Crippen molar-refractivity contribution in [2.24, 2.45) is 0 Å². The second kappa shape index (κ2) is 7.54. The predicted molar refractivity (Wildman–Crippen MR) is 73.1 cm³/mol. The van der Waals surface area contributed by atoms with Crippen molar-refractivity contribution >= 4 is 12.4 Å². The average molecular weight is 260 g/mol. The molecule has 2 N–H and O–H groups in total. The number of benzene rings is 1. The summed E-state index contributed by atoms with van der Waals surface area (Å²) in [6, 6.07) is 6.21. The van der Waals surface area contributed by atoms with Crippen molar-refractivity contribution < 1.29 is 9.84 Å². The lowest BCUT2D eigenvalue weighted by atomic mass is 10.1. The number of hydrogen-bond acceptors (Lipinski definition) is 3. The molecular weight excluding hydrogens is 238 g/mol. The minimum atomic E-state index is -0.530. The summed E-state index contributed by atoms with van der Waals surface area (Å²) in [6.45, 7) is 6.65. The highest BCUT2D eigenvalue weighted by Gasteiger charge is 2.13. The van der Waals surface area contributed by atoms with Crippen molar-refractivity contribution in [1.29, 1.82) is 0 Å². The van der Waals surface area contributed by atoms with Gasteiger partial charge in [-0.25, -0.2) is 0 Å². The normalized spacial score (nSPS) is 12.1. The molecule has 0 aromatic heterocycles. The van der Waals surface area contributed by atoms with E-state index in [4.69, 9.17) is 4.74 Å². The molecule has 0 fully saturated rings. The number of halogens is 1. The summed E-state index contributed by atoms with van der Waals surface area (Å²) in [5.41, 5.74) is 1.96. The lowest BCUT2D eigenvalue weighted by molar-refractivity contribution is 0.167. The number of aliphatic hydroxyl groups excluding tert-OH is 1. The van der Waals surface area contributed by atoms with E-state index in [1.54, 1.807) is 7.11 Å². The number of methoxy groups -OCH3 is 1. The first-order chi connectivity index (χ1) is 7.54. The van der Waals surface area contributed by atoms with Crippen molar-refractivity contribution in [3.63, 3.8) is 0 Å². The molecule has 0 saturated carbocycles. The molecule has 0 spiro atoms. The molecule has 3 nitrogen and oxygen atoms in total. The fourth-order valence-electron chi connectivity index (χ4n) is 1.55. The van der Waals surface area contributed by atoms with Crippen LogP contribution in [0.4, 0.5) is 0 Å². The Morgan fingerprint density at radius 1 is 1.35 bits per heavy atom. The molecule has 1 rings (SSSR count). The zero-order valence-corrected chi connectivity index (χ0v) is 11.7. The van der Waals surface area contributed by atoms with Gasteiger partial charge in [0, 0.05) is 18.2 Å². The van der Waals surface area contributed by atoms with E-state index in [2.05, 4.69) is 19.2 Å². The number of aryl methyl sites for hydroxylation is 1. The van der Waals surface area contributed by atoms with Gasteiger partial charge in [-0.1, -0.05) is 26.0 Å². The van der Waals surface area contributed by atoms with Gasteiger partial charge in [0.05, 0.1) is 13.2 Å². The smallest absolute Gasteiger partial charge is 0.124 e. The Kier molecular flexibility index (Phi) is 7.19. The quantitative estimate of drug-likeness (QED) is 0.854. The van der Waals surface area contributed by atoms with E-state index in [0.29, 0.717) is 12.6 Å². The lowest BCUT2D eigenvalue weighted by Gasteiger charge is -2.17. The largest absolute Gasteiger partial charge is 0.496 e. The van der Waals surface area contributed by atoms with E-state index in [9.17, 15) is 5.11 Å². The Morgan fingerprint density at radius 2 is 2.00 bits per heavy atom. The topological polar surface area (TPSA) is 41.5 Å². The van der Waals surface area contributed by atoms with Gasteiger partial charge in [-0.05, 0) is 18.6 Å². The highest BCUT2D eigenvalue weighted by Crippen LogP contribution is 2.25. The van der Waals surface area contributed by atoms with Crippen molar-refractivity contribution in [3.8, 4) is 5.75 Å². The Balaban J connectivity index is 0.00000256. The zero-order chi connectivity index (χ0) is 12.1. The van der Waals surface area contributed by atoms with Crippen LogP contribution in [0.2, 0.25) is 0 Å². The van der Waals surface area contributed by atoms with Crippen molar-refractivity contribution in [1.82, 2.24) is 5.32 Å². The van der Waals surface area contributed by atoms with Gasteiger partial charge in [-0.3, -0.25) is 0 Å². The van der Waals surface area contributed by atoms with Crippen molar-refractivity contribution in [2.75, 3.05) is 13.7 Å². The number of hydrogen-bond donors (Lipinski definition) is 2. The lowest BCUT2D eigenvalue weighted by Crippen LogP contribution is -2.28. The maximum Gasteiger partial charge on any atom is 0.124 e. The molecule has 1 aromatic rings. The molecule has 0 radical (unpaired) electrons. The summed E-state index contributed by atoms with van der Waals surface area (Å²) >= 11 is 0. The van der Waals surface area contributed by atoms with Gasteiger partial charge in [-0.15, -0.1) is 12.4 Å². The van der Waals surface area contributed by atoms with Crippen molar-refractivity contribution in [2.45, 2.75) is 32.9 Å². The van der Waals surface area contributed by atoms with Crippen LogP contribution in [-0.4, -0.2) is 24.8 Å². The fourth-order valence-corrected chi connectivity index (χ4v) is 1.55. The van der Waals surface area contributed by atoms with Crippen LogP contribution < -0.4 is 10.1 Å². The SMILES string of the molecule is COc1cc(C)ccc1C(O)CNC(C)C.Cl. The Morgan fingerprint density at radius 3 is 2.53 bits per heavy atom. The predicted octanol–water partition coefficient (Wildman–Crippen LogP) is 2.46. The summed E-state index contributed by atoms with van der Waals surface area (Å²) < 4.78 is 5.27.